The molecule has 0 amide bonds. The van der Waals surface area contributed by atoms with Crippen LogP contribution in [-0.2, 0) is 14.3 Å². The van der Waals surface area contributed by atoms with Crippen LogP contribution in [0.4, 0.5) is 0 Å². The van der Waals surface area contributed by atoms with Crippen molar-refractivity contribution in [3.05, 3.63) is 12.2 Å². The maximum absolute atomic E-state index is 10.7. The predicted octanol–water partition coefficient (Wildman–Crippen LogP) is -1.02. The van der Waals surface area contributed by atoms with Crippen LogP contribution in [0.15, 0.2) is 12.2 Å². The Morgan fingerprint density at radius 3 is 2.20 bits per heavy atom. The summed E-state index contributed by atoms with van der Waals surface area (Å²) in [5.74, 6) is -0.0799. The predicted molar refractivity (Wildman–Crippen MR) is 70.9 cm³/mol. The fourth-order valence-electron chi connectivity index (χ4n) is 1.52. The average Bonchev–Trinajstić information content (AvgIpc) is 2.84. The van der Waals surface area contributed by atoms with Gasteiger partial charge in [-0.15, -0.1) is 0 Å². The molecule has 0 aromatic rings. The van der Waals surface area contributed by atoms with E-state index in [1.165, 1.54) is 6.08 Å². The lowest BCUT2D eigenvalue weighted by atomic mass is 10.1. The van der Waals surface area contributed by atoms with Crippen LogP contribution >= 0.6 is 0 Å². The summed E-state index contributed by atoms with van der Waals surface area (Å²) in [6.07, 6.45) is 1.75. The molecule has 20 heavy (non-hydrogen) atoms. The third-order valence-corrected chi connectivity index (χ3v) is 2.67. The van der Waals surface area contributed by atoms with E-state index >= 15 is 0 Å². The van der Waals surface area contributed by atoms with Gasteiger partial charge in [0.1, 0.15) is 6.10 Å². The number of hydrogen-bond acceptors (Lipinski definition) is 7. The quantitative estimate of drug-likeness (QED) is 0.512. The highest BCUT2D eigenvalue weighted by Gasteiger charge is 2.32. The van der Waals surface area contributed by atoms with E-state index in [1.54, 1.807) is 6.08 Å². The number of aliphatic hydroxyl groups excluding tert-OH is 4. The molecule has 0 spiro atoms. The molecule has 4 N–H and O–H groups in total. The van der Waals surface area contributed by atoms with Gasteiger partial charge in [-0.2, -0.15) is 0 Å². The van der Waals surface area contributed by atoms with Crippen LogP contribution in [0.25, 0.3) is 0 Å². The Morgan fingerprint density at radius 2 is 1.75 bits per heavy atom. The summed E-state index contributed by atoms with van der Waals surface area (Å²) in [6, 6.07) is 0. The summed E-state index contributed by atoms with van der Waals surface area (Å²) in [6.45, 7) is -0.0663. The van der Waals surface area contributed by atoms with Crippen LogP contribution in [0, 0.1) is 0 Å². The van der Waals surface area contributed by atoms with Gasteiger partial charge in [0, 0.05) is 0 Å². The number of carbonyl (C=O) groups is 1. The molecular weight excluding hydrogens is 268 g/mol. The van der Waals surface area contributed by atoms with Crippen molar-refractivity contribution in [3.8, 4) is 0 Å². The Morgan fingerprint density at radius 1 is 1.20 bits per heavy atom. The maximum Gasteiger partial charge on any atom is 0.222 e. The summed E-state index contributed by atoms with van der Waals surface area (Å²) < 4.78 is 10.0. The van der Waals surface area contributed by atoms with Gasteiger partial charge < -0.3 is 29.9 Å². The molecule has 1 fully saturated rings. The largest absolute Gasteiger partial charge is 0.394 e. The molecule has 2 heterocycles. The van der Waals surface area contributed by atoms with Crippen molar-refractivity contribution in [1.29, 1.82) is 0 Å². The number of fused-ring (bicyclic) bond motifs is 2. The Labute approximate surface area is 118 Å². The Bertz CT molecular complexity index is 295. The van der Waals surface area contributed by atoms with Crippen molar-refractivity contribution in [2.75, 3.05) is 19.8 Å². The third kappa shape index (κ3) is 6.56. The first-order valence-electron chi connectivity index (χ1n) is 6.13. The minimum atomic E-state index is -0.777. The van der Waals surface area contributed by atoms with Crippen LogP contribution in [-0.4, -0.2) is 70.6 Å². The second-order valence-corrected chi connectivity index (χ2v) is 4.35. The van der Waals surface area contributed by atoms with E-state index < -0.39 is 18.5 Å². The molecular formula is C13H24O7. The van der Waals surface area contributed by atoms with Crippen LogP contribution in [0.2, 0.25) is 0 Å². The molecule has 2 aliphatic rings. The van der Waals surface area contributed by atoms with Gasteiger partial charge in [0.2, 0.25) is 12.1 Å². The van der Waals surface area contributed by atoms with Gasteiger partial charge in [-0.25, -0.2) is 0 Å². The first-order chi connectivity index (χ1) is 9.06. The fourth-order valence-corrected chi connectivity index (χ4v) is 1.52. The van der Waals surface area contributed by atoms with Gasteiger partial charge >= 0.3 is 0 Å². The SMILES string of the molecule is C.O=C1C=CC2COC1O2.OCC(O)CCC(O)CO. The Balaban J connectivity index is 0.000000344. The van der Waals surface area contributed by atoms with Gasteiger partial charge in [0.25, 0.3) is 0 Å². The molecule has 1 saturated heterocycles. The Kier molecular flexibility index (Phi) is 9.56. The van der Waals surface area contributed by atoms with Gasteiger partial charge in [-0.05, 0) is 25.0 Å². The molecule has 0 aliphatic carbocycles. The summed E-state index contributed by atoms with van der Waals surface area (Å²) in [4.78, 5) is 10.7. The highest BCUT2D eigenvalue weighted by Crippen LogP contribution is 2.17. The molecule has 118 valence electrons. The number of ether oxygens (including phenoxy) is 2. The minimum absolute atomic E-state index is 0. The van der Waals surface area contributed by atoms with E-state index in [-0.39, 0.29) is 32.5 Å². The van der Waals surface area contributed by atoms with Crippen molar-refractivity contribution in [2.45, 2.75) is 44.9 Å². The van der Waals surface area contributed by atoms with Gasteiger partial charge in [0.05, 0.1) is 32.0 Å². The van der Waals surface area contributed by atoms with E-state index in [0.717, 1.165) is 0 Å². The summed E-state index contributed by atoms with van der Waals surface area (Å²) in [5.41, 5.74) is 0. The maximum atomic E-state index is 10.7. The van der Waals surface area contributed by atoms with Crippen LogP contribution < -0.4 is 0 Å². The number of ketones is 1. The standard InChI is InChI=1S/C6H14O4.C6H6O3.CH4/c7-3-5(9)1-2-6(10)4-8;7-5-2-1-4-3-8-6(5)9-4;/h5-10H,1-4H2;1-2,4,6H,3H2;1H4. The molecule has 7 heteroatoms. The van der Waals surface area contributed by atoms with Crippen LogP contribution in [0.1, 0.15) is 20.3 Å². The van der Waals surface area contributed by atoms with E-state index in [0.29, 0.717) is 19.4 Å². The zero-order chi connectivity index (χ0) is 14.3. The van der Waals surface area contributed by atoms with E-state index in [4.69, 9.17) is 29.9 Å². The van der Waals surface area contributed by atoms with Gasteiger partial charge in [-0.1, -0.05) is 7.43 Å². The number of aliphatic hydroxyl groups is 4. The molecule has 0 aromatic heterocycles. The van der Waals surface area contributed by atoms with Crippen molar-refractivity contribution in [1.82, 2.24) is 0 Å². The lowest BCUT2D eigenvalue weighted by Crippen LogP contribution is -2.23. The monoisotopic (exact) mass is 292 g/mol. The zero-order valence-electron chi connectivity index (χ0n) is 10.5. The average molecular weight is 292 g/mol. The number of carbonyl (C=O) groups excluding carboxylic acids is 1. The molecule has 7 nitrogen and oxygen atoms in total. The first kappa shape index (κ1) is 19.2. The summed E-state index contributed by atoms with van der Waals surface area (Å²) in [7, 11) is 0. The van der Waals surface area contributed by atoms with Crippen molar-refractivity contribution < 1.29 is 34.7 Å². The highest BCUT2D eigenvalue weighted by atomic mass is 16.7. The summed E-state index contributed by atoms with van der Waals surface area (Å²) in [5, 5.41) is 34.2. The fraction of sp³-hybridized carbons (Fsp3) is 0.769. The second kappa shape index (κ2) is 9.98. The normalized spacial score (nSPS) is 26.3. The molecule has 4 unspecified atom stereocenters. The van der Waals surface area contributed by atoms with Crippen molar-refractivity contribution >= 4 is 5.78 Å². The number of hydrogen-bond donors (Lipinski definition) is 4. The molecule has 4 atom stereocenters. The molecule has 0 radical (unpaired) electrons. The third-order valence-electron chi connectivity index (χ3n) is 2.67. The zero-order valence-corrected chi connectivity index (χ0v) is 10.5. The topological polar surface area (TPSA) is 116 Å². The highest BCUT2D eigenvalue weighted by molar-refractivity contribution is 5.93. The molecule has 0 saturated carbocycles. The lowest BCUT2D eigenvalue weighted by molar-refractivity contribution is -0.141. The Hall–Kier alpha value is -0.830. The minimum Gasteiger partial charge on any atom is -0.394 e. The van der Waals surface area contributed by atoms with E-state index in [1.807, 2.05) is 0 Å². The van der Waals surface area contributed by atoms with Crippen molar-refractivity contribution in [2.24, 2.45) is 0 Å². The van der Waals surface area contributed by atoms with E-state index in [2.05, 4.69) is 0 Å². The molecule has 2 rings (SSSR count). The van der Waals surface area contributed by atoms with Crippen LogP contribution in [0.5, 0.6) is 0 Å². The smallest absolute Gasteiger partial charge is 0.222 e. The number of rotatable bonds is 5. The van der Waals surface area contributed by atoms with Gasteiger partial charge in [-0.3, -0.25) is 4.79 Å². The molecule has 2 aliphatic heterocycles. The van der Waals surface area contributed by atoms with Crippen molar-refractivity contribution in [3.63, 3.8) is 0 Å². The summed E-state index contributed by atoms with van der Waals surface area (Å²) >= 11 is 0. The lowest BCUT2D eigenvalue weighted by Gasteiger charge is -2.09. The molecule has 2 bridgehead atoms. The van der Waals surface area contributed by atoms with E-state index in [9.17, 15) is 4.79 Å². The first-order valence-corrected chi connectivity index (χ1v) is 6.13. The van der Waals surface area contributed by atoms with Crippen LogP contribution in [0.3, 0.4) is 0 Å². The van der Waals surface area contributed by atoms with Gasteiger partial charge in [0.15, 0.2) is 0 Å². The second-order valence-electron chi connectivity index (χ2n) is 4.35. The molecule has 0 aromatic carbocycles.